The topological polar surface area (TPSA) is 79.6 Å². The number of rotatable bonds is 2. The third-order valence-corrected chi connectivity index (χ3v) is 3.96. The summed E-state index contributed by atoms with van der Waals surface area (Å²) in [6.45, 7) is 0. The van der Waals surface area contributed by atoms with E-state index >= 15 is 0 Å². The number of likely N-dealkylation sites (N-methyl/N-ethyl adjacent to an activating group) is 1. The number of halogens is 2. The SMILES string of the molecule is CN1C(=O)NC(=O)C(=Cc2ccc(-c3ccc(Cl)cc3Cl)o2)C1=O. The lowest BCUT2D eigenvalue weighted by Crippen LogP contribution is -2.52. The third-order valence-electron chi connectivity index (χ3n) is 3.41. The number of nitrogens with zero attached hydrogens (tertiary/aromatic N) is 1. The maximum absolute atomic E-state index is 12.0. The van der Waals surface area contributed by atoms with Crippen LogP contribution in [0.4, 0.5) is 4.79 Å². The first-order valence-electron chi connectivity index (χ1n) is 6.77. The molecule has 24 heavy (non-hydrogen) atoms. The van der Waals surface area contributed by atoms with Crippen LogP contribution in [0.3, 0.4) is 0 Å². The second-order valence-electron chi connectivity index (χ2n) is 5.01. The molecule has 0 bridgehead atoms. The van der Waals surface area contributed by atoms with Crippen LogP contribution < -0.4 is 5.32 Å². The van der Waals surface area contributed by atoms with Crippen LogP contribution in [-0.4, -0.2) is 29.8 Å². The van der Waals surface area contributed by atoms with Gasteiger partial charge in [-0.25, -0.2) is 4.79 Å². The Labute approximate surface area is 146 Å². The molecule has 1 aliphatic rings. The highest BCUT2D eigenvalue weighted by molar-refractivity contribution is 6.36. The maximum Gasteiger partial charge on any atom is 0.331 e. The Kier molecular flexibility index (Phi) is 4.17. The fourth-order valence-corrected chi connectivity index (χ4v) is 2.65. The van der Waals surface area contributed by atoms with Crippen LogP contribution in [0.5, 0.6) is 0 Å². The van der Waals surface area contributed by atoms with Gasteiger partial charge in [0.2, 0.25) is 0 Å². The van der Waals surface area contributed by atoms with Crippen LogP contribution in [0.15, 0.2) is 40.3 Å². The van der Waals surface area contributed by atoms with Crippen LogP contribution in [-0.2, 0) is 9.59 Å². The van der Waals surface area contributed by atoms with E-state index in [0.29, 0.717) is 21.4 Å². The Morgan fingerprint density at radius 2 is 1.88 bits per heavy atom. The lowest BCUT2D eigenvalue weighted by Gasteiger charge is -2.21. The standard InChI is InChI=1S/C16H10Cl2N2O4/c1-20-15(22)11(14(21)19-16(20)23)7-9-3-5-13(24-9)10-4-2-8(17)6-12(10)18/h2-7H,1H3,(H,19,21,23). The molecule has 0 unspecified atom stereocenters. The van der Waals surface area contributed by atoms with Crippen molar-refractivity contribution >= 4 is 47.1 Å². The molecule has 1 N–H and O–H groups in total. The summed E-state index contributed by atoms with van der Waals surface area (Å²) >= 11 is 12.0. The minimum Gasteiger partial charge on any atom is -0.457 e. The molecule has 2 aromatic rings. The minimum absolute atomic E-state index is 0.194. The van der Waals surface area contributed by atoms with Crippen LogP contribution >= 0.6 is 23.2 Å². The number of benzene rings is 1. The summed E-state index contributed by atoms with van der Waals surface area (Å²) in [6.07, 6.45) is 1.27. The molecule has 1 aromatic carbocycles. The quantitative estimate of drug-likeness (QED) is 0.654. The van der Waals surface area contributed by atoms with Crippen molar-refractivity contribution in [3.63, 3.8) is 0 Å². The molecule has 2 heterocycles. The highest BCUT2D eigenvalue weighted by atomic mass is 35.5. The van der Waals surface area contributed by atoms with Gasteiger partial charge in [-0.3, -0.25) is 19.8 Å². The van der Waals surface area contributed by atoms with Crippen LogP contribution in [0.2, 0.25) is 10.0 Å². The first-order chi connectivity index (χ1) is 11.4. The number of carbonyl (C=O) groups is 3. The molecule has 0 spiro atoms. The Balaban J connectivity index is 1.95. The first-order valence-corrected chi connectivity index (χ1v) is 7.53. The average Bonchev–Trinajstić information content (AvgIpc) is 2.98. The summed E-state index contributed by atoms with van der Waals surface area (Å²) in [5.41, 5.74) is 0.428. The Bertz CT molecular complexity index is 901. The van der Waals surface area contributed by atoms with Crippen molar-refractivity contribution in [3.8, 4) is 11.3 Å². The Morgan fingerprint density at radius 1 is 1.12 bits per heavy atom. The summed E-state index contributed by atoms with van der Waals surface area (Å²) in [7, 11) is 1.28. The van der Waals surface area contributed by atoms with E-state index in [1.54, 1.807) is 30.3 Å². The summed E-state index contributed by atoms with van der Waals surface area (Å²) < 4.78 is 5.61. The third kappa shape index (κ3) is 2.93. The molecule has 1 aromatic heterocycles. The van der Waals surface area contributed by atoms with Gasteiger partial charge >= 0.3 is 6.03 Å². The van der Waals surface area contributed by atoms with E-state index in [4.69, 9.17) is 27.6 Å². The fraction of sp³-hybridized carbons (Fsp3) is 0.0625. The molecule has 0 atom stereocenters. The van der Waals surface area contributed by atoms with E-state index in [0.717, 1.165) is 4.90 Å². The molecule has 1 aliphatic heterocycles. The lowest BCUT2D eigenvalue weighted by molar-refractivity contribution is -0.129. The van der Waals surface area contributed by atoms with Crippen molar-refractivity contribution in [1.82, 2.24) is 10.2 Å². The lowest BCUT2D eigenvalue weighted by atomic mass is 10.1. The predicted molar refractivity (Wildman–Crippen MR) is 88.4 cm³/mol. The van der Waals surface area contributed by atoms with Crippen molar-refractivity contribution in [2.24, 2.45) is 0 Å². The zero-order chi connectivity index (χ0) is 17.4. The second-order valence-corrected chi connectivity index (χ2v) is 5.85. The largest absolute Gasteiger partial charge is 0.457 e. The van der Waals surface area contributed by atoms with E-state index in [2.05, 4.69) is 5.32 Å². The molecule has 8 heteroatoms. The van der Waals surface area contributed by atoms with Crippen LogP contribution in [0.25, 0.3) is 17.4 Å². The van der Waals surface area contributed by atoms with Gasteiger partial charge in [-0.2, -0.15) is 0 Å². The van der Waals surface area contributed by atoms with Crippen molar-refractivity contribution in [2.45, 2.75) is 0 Å². The first kappa shape index (κ1) is 16.3. The normalized spacial score (nSPS) is 16.7. The monoisotopic (exact) mass is 364 g/mol. The molecule has 6 nitrogen and oxygen atoms in total. The van der Waals surface area contributed by atoms with Gasteiger partial charge in [0.05, 0.1) is 5.02 Å². The number of urea groups is 1. The Hall–Kier alpha value is -2.57. The molecule has 1 fully saturated rings. The molecular formula is C16H10Cl2N2O4. The highest BCUT2D eigenvalue weighted by Gasteiger charge is 2.33. The van der Waals surface area contributed by atoms with Crippen molar-refractivity contribution in [3.05, 3.63) is 51.7 Å². The number of hydrogen-bond acceptors (Lipinski definition) is 4. The fourth-order valence-electron chi connectivity index (χ4n) is 2.15. The number of furan rings is 1. The smallest absolute Gasteiger partial charge is 0.331 e. The van der Waals surface area contributed by atoms with Gasteiger partial charge in [-0.1, -0.05) is 23.2 Å². The van der Waals surface area contributed by atoms with Gasteiger partial charge in [-0.05, 0) is 36.4 Å². The van der Waals surface area contributed by atoms with Crippen LogP contribution in [0, 0.1) is 0 Å². The highest BCUT2D eigenvalue weighted by Crippen LogP contribution is 2.32. The number of barbiturate groups is 1. The van der Waals surface area contributed by atoms with Gasteiger partial charge < -0.3 is 4.42 Å². The number of amides is 4. The van der Waals surface area contributed by atoms with E-state index in [-0.39, 0.29) is 11.3 Å². The van der Waals surface area contributed by atoms with Gasteiger partial charge in [0.1, 0.15) is 17.1 Å². The van der Waals surface area contributed by atoms with Gasteiger partial charge in [0.25, 0.3) is 11.8 Å². The van der Waals surface area contributed by atoms with E-state index in [9.17, 15) is 14.4 Å². The molecule has 122 valence electrons. The molecule has 0 radical (unpaired) electrons. The van der Waals surface area contributed by atoms with Crippen molar-refractivity contribution in [2.75, 3.05) is 7.05 Å². The number of imide groups is 2. The van der Waals surface area contributed by atoms with Gasteiger partial charge in [0, 0.05) is 17.6 Å². The van der Waals surface area contributed by atoms with Crippen molar-refractivity contribution in [1.29, 1.82) is 0 Å². The van der Waals surface area contributed by atoms with E-state index < -0.39 is 17.8 Å². The summed E-state index contributed by atoms with van der Waals surface area (Å²) in [4.78, 5) is 36.0. The Morgan fingerprint density at radius 3 is 2.58 bits per heavy atom. The number of hydrogen-bond donors (Lipinski definition) is 1. The summed E-state index contributed by atoms with van der Waals surface area (Å²) in [6, 6.07) is 7.42. The van der Waals surface area contributed by atoms with Gasteiger partial charge in [0.15, 0.2) is 0 Å². The number of nitrogens with one attached hydrogen (secondary N) is 1. The van der Waals surface area contributed by atoms with E-state index in [1.165, 1.54) is 13.1 Å². The van der Waals surface area contributed by atoms with Crippen molar-refractivity contribution < 1.29 is 18.8 Å². The molecule has 1 saturated heterocycles. The predicted octanol–water partition coefficient (Wildman–Crippen LogP) is 3.35. The zero-order valence-electron chi connectivity index (χ0n) is 12.3. The second kappa shape index (κ2) is 6.14. The molecule has 0 aliphatic carbocycles. The average molecular weight is 365 g/mol. The number of carbonyl (C=O) groups excluding carboxylic acids is 3. The maximum atomic E-state index is 12.0. The summed E-state index contributed by atoms with van der Waals surface area (Å²) in [5, 5.41) is 2.97. The van der Waals surface area contributed by atoms with Gasteiger partial charge in [-0.15, -0.1) is 0 Å². The van der Waals surface area contributed by atoms with Crippen LogP contribution in [0.1, 0.15) is 5.76 Å². The molecular weight excluding hydrogens is 355 g/mol. The molecule has 3 rings (SSSR count). The zero-order valence-corrected chi connectivity index (χ0v) is 13.8. The summed E-state index contributed by atoms with van der Waals surface area (Å²) in [5.74, 6) is -0.745. The molecule has 0 saturated carbocycles. The minimum atomic E-state index is -0.773. The molecule has 4 amide bonds. The van der Waals surface area contributed by atoms with E-state index in [1.807, 2.05) is 0 Å².